The minimum absolute atomic E-state index is 0.0731. The van der Waals surface area contributed by atoms with Gasteiger partial charge in [0.25, 0.3) is 0 Å². The Hall–Kier alpha value is -1.06. The second-order valence-corrected chi connectivity index (χ2v) is 3.14. The molecule has 0 aromatic rings. The van der Waals surface area contributed by atoms with Gasteiger partial charge in [-0.1, -0.05) is 0 Å². The summed E-state index contributed by atoms with van der Waals surface area (Å²) in [6.07, 6.45) is 3.97. The molecule has 0 saturated carbocycles. The lowest BCUT2D eigenvalue weighted by molar-refractivity contribution is -0.120. The molecule has 0 radical (unpaired) electrons. The topological polar surface area (TPSA) is 53.5 Å². The molecule has 1 rings (SSSR count). The van der Waals surface area contributed by atoms with E-state index in [0.717, 1.165) is 18.8 Å². The molecule has 0 bridgehead atoms. The van der Waals surface area contributed by atoms with E-state index < -0.39 is 0 Å². The number of nitrogens with one attached hydrogen (secondary N) is 2. The molecule has 74 valence electrons. The van der Waals surface area contributed by atoms with Crippen LogP contribution in [-0.2, 0) is 4.79 Å². The van der Waals surface area contributed by atoms with Gasteiger partial charge in [-0.2, -0.15) is 0 Å². The number of nitrogens with zero attached hydrogens (tertiary/aromatic N) is 1. The Balaban J connectivity index is 2.11. The highest BCUT2D eigenvalue weighted by molar-refractivity contribution is 5.83. The van der Waals surface area contributed by atoms with Crippen LogP contribution >= 0.6 is 0 Å². The van der Waals surface area contributed by atoms with Crippen molar-refractivity contribution in [2.45, 2.75) is 25.7 Å². The number of aliphatic imine (C=N–C) groups is 1. The lowest BCUT2D eigenvalue weighted by Gasteiger charge is -2.13. The SMILES string of the molecule is CNC(=O)CCNC1=NCCCC1. The fraction of sp³-hybridized carbons (Fsp3) is 0.778. The molecule has 0 spiro atoms. The number of amides is 1. The minimum atomic E-state index is 0.0731. The molecule has 0 unspecified atom stereocenters. The highest BCUT2D eigenvalue weighted by Gasteiger charge is 2.04. The fourth-order valence-corrected chi connectivity index (χ4v) is 1.29. The van der Waals surface area contributed by atoms with E-state index >= 15 is 0 Å². The van der Waals surface area contributed by atoms with Crippen LogP contribution < -0.4 is 10.6 Å². The molecule has 0 atom stereocenters. The Kier molecular flexibility index (Phi) is 4.29. The molecule has 0 saturated heterocycles. The van der Waals surface area contributed by atoms with Crippen LogP contribution in [0.15, 0.2) is 4.99 Å². The molecule has 1 aliphatic heterocycles. The molecule has 4 nitrogen and oxygen atoms in total. The second kappa shape index (κ2) is 5.56. The standard InChI is InChI=1S/C9H17N3O/c1-10-9(13)5-7-12-8-4-2-3-6-11-8/h2-7H2,1H3,(H,10,13)(H,11,12). The molecule has 1 heterocycles. The smallest absolute Gasteiger partial charge is 0.221 e. The molecule has 4 heteroatoms. The van der Waals surface area contributed by atoms with Crippen LogP contribution in [0.25, 0.3) is 0 Å². The Morgan fingerprint density at radius 1 is 1.54 bits per heavy atom. The first-order valence-electron chi connectivity index (χ1n) is 4.80. The number of carbonyl (C=O) groups is 1. The van der Waals surface area contributed by atoms with Crippen molar-refractivity contribution in [3.8, 4) is 0 Å². The van der Waals surface area contributed by atoms with Crippen molar-refractivity contribution in [3.63, 3.8) is 0 Å². The van der Waals surface area contributed by atoms with E-state index in [1.54, 1.807) is 7.05 Å². The van der Waals surface area contributed by atoms with Crippen molar-refractivity contribution < 1.29 is 4.79 Å². The first-order chi connectivity index (χ1) is 6.33. The van der Waals surface area contributed by atoms with Crippen LogP contribution in [0.3, 0.4) is 0 Å². The van der Waals surface area contributed by atoms with E-state index in [4.69, 9.17) is 0 Å². The molecule has 0 fully saturated rings. The summed E-state index contributed by atoms with van der Waals surface area (Å²) in [5.41, 5.74) is 0. The van der Waals surface area contributed by atoms with Gasteiger partial charge in [-0.3, -0.25) is 9.79 Å². The van der Waals surface area contributed by atoms with Crippen LogP contribution in [0.2, 0.25) is 0 Å². The summed E-state index contributed by atoms with van der Waals surface area (Å²) in [7, 11) is 1.65. The largest absolute Gasteiger partial charge is 0.373 e. The lowest BCUT2D eigenvalue weighted by Crippen LogP contribution is -2.30. The highest BCUT2D eigenvalue weighted by Crippen LogP contribution is 2.03. The summed E-state index contributed by atoms with van der Waals surface area (Å²) in [6.45, 7) is 1.63. The summed E-state index contributed by atoms with van der Waals surface area (Å²) < 4.78 is 0. The fourth-order valence-electron chi connectivity index (χ4n) is 1.29. The van der Waals surface area contributed by atoms with Crippen molar-refractivity contribution in [3.05, 3.63) is 0 Å². The number of hydrogen-bond acceptors (Lipinski definition) is 3. The zero-order valence-electron chi connectivity index (χ0n) is 8.10. The second-order valence-electron chi connectivity index (χ2n) is 3.14. The lowest BCUT2D eigenvalue weighted by atomic mass is 10.2. The third-order valence-electron chi connectivity index (χ3n) is 2.08. The predicted molar refractivity (Wildman–Crippen MR) is 52.8 cm³/mol. The van der Waals surface area contributed by atoms with Gasteiger partial charge in [-0.15, -0.1) is 0 Å². The molecular weight excluding hydrogens is 166 g/mol. The third kappa shape index (κ3) is 3.92. The summed E-state index contributed by atoms with van der Waals surface area (Å²) in [5.74, 6) is 1.14. The summed E-state index contributed by atoms with van der Waals surface area (Å²) in [5, 5.41) is 5.76. The van der Waals surface area contributed by atoms with Gasteiger partial charge in [-0.05, 0) is 12.8 Å². The van der Waals surface area contributed by atoms with Gasteiger partial charge in [0.2, 0.25) is 5.91 Å². The summed E-state index contributed by atoms with van der Waals surface area (Å²) in [6, 6.07) is 0. The molecule has 1 aliphatic rings. The van der Waals surface area contributed by atoms with Crippen molar-refractivity contribution in [2.75, 3.05) is 20.1 Å². The maximum atomic E-state index is 10.9. The van der Waals surface area contributed by atoms with Crippen LogP contribution in [-0.4, -0.2) is 31.9 Å². The monoisotopic (exact) mass is 183 g/mol. The Labute approximate surface area is 78.8 Å². The van der Waals surface area contributed by atoms with E-state index in [0.29, 0.717) is 13.0 Å². The van der Waals surface area contributed by atoms with Crippen LogP contribution in [0.1, 0.15) is 25.7 Å². The normalized spacial score (nSPS) is 16.2. The molecular formula is C9H17N3O. The molecule has 0 aliphatic carbocycles. The number of hydrogen-bond donors (Lipinski definition) is 2. The Morgan fingerprint density at radius 3 is 3.00 bits per heavy atom. The van der Waals surface area contributed by atoms with E-state index in [-0.39, 0.29) is 5.91 Å². The maximum Gasteiger partial charge on any atom is 0.221 e. The number of carbonyl (C=O) groups excluding carboxylic acids is 1. The minimum Gasteiger partial charge on any atom is -0.373 e. The van der Waals surface area contributed by atoms with Crippen molar-refractivity contribution in [1.29, 1.82) is 0 Å². The van der Waals surface area contributed by atoms with Crippen LogP contribution in [0.4, 0.5) is 0 Å². The van der Waals surface area contributed by atoms with Crippen molar-refractivity contribution in [1.82, 2.24) is 10.6 Å². The van der Waals surface area contributed by atoms with E-state index in [2.05, 4.69) is 15.6 Å². The summed E-state index contributed by atoms with van der Waals surface area (Å²) >= 11 is 0. The van der Waals surface area contributed by atoms with Gasteiger partial charge >= 0.3 is 0 Å². The van der Waals surface area contributed by atoms with Gasteiger partial charge in [0, 0.05) is 33.0 Å². The number of amidine groups is 1. The van der Waals surface area contributed by atoms with Gasteiger partial charge in [0.05, 0.1) is 5.84 Å². The van der Waals surface area contributed by atoms with Crippen LogP contribution in [0.5, 0.6) is 0 Å². The highest BCUT2D eigenvalue weighted by atomic mass is 16.1. The van der Waals surface area contributed by atoms with Gasteiger partial charge in [0.1, 0.15) is 0 Å². The van der Waals surface area contributed by atoms with Crippen molar-refractivity contribution >= 4 is 11.7 Å². The van der Waals surface area contributed by atoms with Gasteiger partial charge in [-0.25, -0.2) is 0 Å². The van der Waals surface area contributed by atoms with Gasteiger partial charge in [0.15, 0.2) is 0 Å². The zero-order valence-corrected chi connectivity index (χ0v) is 8.10. The predicted octanol–water partition coefficient (Wildman–Crippen LogP) is 0.294. The molecule has 1 amide bonds. The maximum absolute atomic E-state index is 10.9. The van der Waals surface area contributed by atoms with Gasteiger partial charge < -0.3 is 10.6 Å². The first-order valence-corrected chi connectivity index (χ1v) is 4.80. The molecule has 2 N–H and O–H groups in total. The molecule has 0 aromatic heterocycles. The van der Waals surface area contributed by atoms with E-state index in [9.17, 15) is 4.79 Å². The summed E-state index contributed by atoms with van der Waals surface area (Å²) in [4.78, 5) is 15.2. The Morgan fingerprint density at radius 2 is 2.38 bits per heavy atom. The zero-order chi connectivity index (χ0) is 9.52. The van der Waals surface area contributed by atoms with E-state index in [1.165, 1.54) is 12.8 Å². The van der Waals surface area contributed by atoms with Crippen molar-refractivity contribution in [2.24, 2.45) is 4.99 Å². The quantitative estimate of drug-likeness (QED) is 0.661. The number of rotatable bonds is 3. The van der Waals surface area contributed by atoms with E-state index in [1.807, 2.05) is 0 Å². The average Bonchev–Trinajstić information content (AvgIpc) is 2.19. The molecule has 13 heavy (non-hydrogen) atoms. The van der Waals surface area contributed by atoms with Crippen LogP contribution in [0, 0.1) is 0 Å². The average molecular weight is 183 g/mol. The Bertz CT molecular complexity index is 201. The molecule has 0 aromatic carbocycles. The third-order valence-corrected chi connectivity index (χ3v) is 2.08. The first kappa shape index (κ1) is 10.0.